The van der Waals surface area contributed by atoms with Crippen molar-refractivity contribution >= 4 is 35.1 Å². The first-order valence-electron chi connectivity index (χ1n) is 9.74. The van der Waals surface area contributed by atoms with Crippen molar-refractivity contribution in [2.24, 2.45) is 11.5 Å². The molecule has 0 heterocycles. The second kappa shape index (κ2) is 16.9. The van der Waals surface area contributed by atoms with Gasteiger partial charge in [0, 0.05) is 11.1 Å². The second-order valence-electron chi connectivity index (χ2n) is 6.19. The minimum absolute atomic E-state index is 0.379. The lowest BCUT2D eigenvalue weighted by Crippen LogP contribution is -2.09. The summed E-state index contributed by atoms with van der Waals surface area (Å²) in [6.07, 6.45) is 0. The molecule has 0 fully saturated rings. The summed E-state index contributed by atoms with van der Waals surface area (Å²) in [5, 5.41) is 0. The number of hydrogen-bond acceptors (Lipinski definition) is 5. The summed E-state index contributed by atoms with van der Waals surface area (Å²) >= 11 is 6.44. The van der Waals surface area contributed by atoms with Crippen LogP contribution in [0.3, 0.4) is 0 Å². The molecule has 0 saturated carbocycles. The molecule has 0 atom stereocenters. The van der Waals surface area contributed by atoms with Crippen LogP contribution in [0.4, 0.5) is 0 Å². The summed E-state index contributed by atoms with van der Waals surface area (Å²) in [4.78, 5) is 20.8. The maximum absolute atomic E-state index is 10.4. The number of nitrogens with two attached hydrogens (primary N) is 2. The molecule has 4 rings (SSSR count). The third-order valence-electron chi connectivity index (χ3n) is 3.84. The predicted molar refractivity (Wildman–Crippen MR) is 141 cm³/mol. The number of rotatable bonds is 4. The Hall–Kier alpha value is -3.68. The van der Waals surface area contributed by atoms with Crippen LogP contribution in [0.2, 0.25) is 0 Å². The SMILES string of the molecule is NC(=O)c1ccccc1.NC(=O)c1ccccc1.SS.c1ccc(Oc2ccccc2)cc1. The highest BCUT2D eigenvalue weighted by atomic mass is 33.1. The van der Waals surface area contributed by atoms with Gasteiger partial charge in [-0.3, -0.25) is 9.59 Å². The fourth-order valence-corrected chi connectivity index (χ4v) is 2.32. The number of ether oxygens (including phenoxy) is 1. The van der Waals surface area contributed by atoms with Crippen LogP contribution in [0.1, 0.15) is 20.7 Å². The van der Waals surface area contributed by atoms with E-state index in [-0.39, 0.29) is 11.8 Å². The first kappa shape index (κ1) is 27.4. The Labute approximate surface area is 204 Å². The molecule has 170 valence electrons. The van der Waals surface area contributed by atoms with E-state index in [1.165, 1.54) is 0 Å². The van der Waals surface area contributed by atoms with Gasteiger partial charge in [-0.15, -0.1) is 23.3 Å². The van der Waals surface area contributed by atoms with Gasteiger partial charge < -0.3 is 16.2 Å². The van der Waals surface area contributed by atoms with Gasteiger partial charge in [0.05, 0.1) is 0 Å². The normalized spacial score (nSPS) is 8.79. The molecule has 4 aromatic carbocycles. The smallest absolute Gasteiger partial charge is 0.248 e. The lowest BCUT2D eigenvalue weighted by atomic mass is 10.2. The molecule has 0 radical (unpaired) electrons. The van der Waals surface area contributed by atoms with E-state index in [1.54, 1.807) is 48.5 Å². The third-order valence-corrected chi connectivity index (χ3v) is 3.84. The number of para-hydroxylation sites is 2. The molecule has 0 saturated heterocycles. The predicted octanol–water partition coefficient (Wildman–Crippen LogP) is 5.81. The van der Waals surface area contributed by atoms with Crippen molar-refractivity contribution in [1.82, 2.24) is 0 Å². The van der Waals surface area contributed by atoms with Crippen molar-refractivity contribution in [3.8, 4) is 11.5 Å². The minimum Gasteiger partial charge on any atom is -0.457 e. The summed E-state index contributed by atoms with van der Waals surface area (Å²) in [7, 11) is 0. The van der Waals surface area contributed by atoms with Crippen LogP contribution >= 0.6 is 23.3 Å². The fraction of sp³-hybridized carbons (Fsp3) is 0. The Morgan fingerprint density at radius 2 is 0.727 bits per heavy atom. The van der Waals surface area contributed by atoms with Crippen LogP contribution < -0.4 is 16.2 Å². The minimum atomic E-state index is -0.379. The second-order valence-corrected chi connectivity index (χ2v) is 6.19. The van der Waals surface area contributed by atoms with Crippen LogP contribution in [-0.4, -0.2) is 11.8 Å². The highest BCUT2D eigenvalue weighted by Gasteiger charge is 1.95. The Balaban J connectivity index is 0.000000245. The van der Waals surface area contributed by atoms with Crippen LogP contribution in [0, 0.1) is 0 Å². The van der Waals surface area contributed by atoms with E-state index in [4.69, 9.17) is 16.2 Å². The van der Waals surface area contributed by atoms with Crippen molar-refractivity contribution in [2.75, 3.05) is 0 Å². The molecular formula is C26H26N2O3S2. The lowest BCUT2D eigenvalue weighted by molar-refractivity contribution is 0.0992. The Morgan fingerprint density at radius 1 is 0.485 bits per heavy atom. The van der Waals surface area contributed by atoms with Crippen molar-refractivity contribution in [2.45, 2.75) is 0 Å². The molecule has 0 aliphatic rings. The van der Waals surface area contributed by atoms with E-state index in [1.807, 2.05) is 72.8 Å². The Kier molecular flexibility index (Phi) is 14.0. The first-order valence-corrected chi connectivity index (χ1v) is 11.3. The van der Waals surface area contributed by atoms with Crippen molar-refractivity contribution < 1.29 is 14.3 Å². The molecule has 4 aromatic rings. The van der Waals surface area contributed by atoms with Gasteiger partial charge in [-0.05, 0) is 48.5 Å². The topological polar surface area (TPSA) is 95.4 Å². The van der Waals surface area contributed by atoms with Gasteiger partial charge in [0.25, 0.3) is 0 Å². The van der Waals surface area contributed by atoms with E-state index in [0.29, 0.717) is 11.1 Å². The molecule has 0 bridgehead atoms. The number of amides is 2. The van der Waals surface area contributed by atoms with Crippen LogP contribution in [0.15, 0.2) is 121 Å². The summed E-state index contributed by atoms with van der Waals surface area (Å²) in [5.74, 6) is 0.980. The molecule has 2 amide bonds. The number of hydrogen-bond donors (Lipinski definition) is 4. The van der Waals surface area contributed by atoms with Crippen LogP contribution in [0.25, 0.3) is 0 Å². The molecule has 0 aliphatic heterocycles. The molecule has 4 N–H and O–H groups in total. The number of primary amides is 2. The van der Waals surface area contributed by atoms with Crippen LogP contribution in [-0.2, 0) is 0 Å². The molecule has 33 heavy (non-hydrogen) atoms. The monoisotopic (exact) mass is 478 g/mol. The number of thiol groups is 2. The van der Waals surface area contributed by atoms with Gasteiger partial charge in [-0.25, -0.2) is 0 Å². The average molecular weight is 479 g/mol. The van der Waals surface area contributed by atoms with E-state index >= 15 is 0 Å². The quantitative estimate of drug-likeness (QED) is 0.220. The zero-order chi connectivity index (χ0) is 24.3. The molecule has 0 spiro atoms. The summed E-state index contributed by atoms with van der Waals surface area (Å²) in [6.45, 7) is 0. The zero-order valence-electron chi connectivity index (χ0n) is 17.8. The third kappa shape index (κ3) is 12.1. The Bertz CT molecular complexity index is 963. The van der Waals surface area contributed by atoms with Gasteiger partial charge >= 0.3 is 0 Å². The molecule has 7 heteroatoms. The lowest BCUT2D eigenvalue weighted by Gasteiger charge is -2.03. The van der Waals surface area contributed by atoms with Gasteiger partial charge in [0.2, 0.25) is 11.8 Å². The van der Waals surface area contributed by atoms with E-state index in [2.05, 4.69) is 23.3 Å². The van der Waals surface area contributed by atoms with E-state index in [0.717, 1.165) is 11.5 Å². The summed E-state index contributed by atoms with van der Waals surface area (Å²) in [6, 6.07) is 37.0. The zero-order valence-corrected chi connectivity index (χ0v) is 19.6. The fourth-order valence-electron chi connectivity index (χ4n) is 2.32. The first-order chi connectivity index (χ1) is 16.1. The maximum atomic E-state index is 10.4. The highest BCUT2D eigenvalue weighted by Crippen LogP contribution is 2.19. The van der Waals surface area contributed by atoms with Crippen LogP contribution in [0.5, 0.6) is 11.5 Å². The molecule has 0 unspecified atom stereocenters. The van der Waals surface area contributed by atoms with Gasteiger partial charge in [-0.1, -0.05) is 72.8 Å². The van der Waals surface area contributed by atoms with Gasteiger partial charge in [0.15, 0.2) is 0 Å². The molecule has 0 aromatic heterocycles. The number of carbonyl (C=O) groups is 2. The number of benzene rings is 4. The summed E-state index contributed by atoms with van der Waals surface area (Å²) in [5.41, 5.74) is 11.1. The highest BCUT2D eigenvalue weighted by molar-refractivity contribution is 8.59. The number of carbonyl (C=O) groups excluding carboxylic acids is 2. The molecule has 5 nitrogen and oxygen atoms in total. The standard InChI is InChI=1S/C12H10O.2C7H7NO.H2S2/c1-3-7-11(8-4-1)13-12-9-5-2-6-10-12;2*8-7(9)6-4-2-1-3-5-6;1-2/h1-10H;2*1-5H,(H2,8,9);1-2H. The van der Waals surface area contributed by atoms with Crippen molar-refractivity contribution in [1.29, 1.82) is 0 Å². The van der Waals surface area contributed by atoms with Crippen molar-refractivity contribution in [3.05, 3.63) is 132 Å². The van der Waals surface area contributed by atoms with E-state index < -0.39 is 0 Å². The Morgan fingerprint density at radius 3 is 0.939 bits per heavy atom. The van der Waals surface area contributed by atoms with Crippen molar-refractivity contribution in [3.63, 3.8) is 0 Å². The van der Waals surface area contributed by atoms with Gasteiger partial charge in [-0.2, -0.15) is 0 Å². The largest absolute Gasteiger partial charge is 0.457 e. The van der Waals surface area contributed by atoms with Gasteiger partial charge in [0.1, 0.15) is 11.5 Å². The van der Waals surface area contributed by atoms with E-state index in [9.17, 15) is 9.59 Å². The average Bonchev–Trinajstić information content (AvgIpc) is 2.88. The molecule has 0 aliphatic carbocycles. The summed E-state index contributed by atoms with van der Waals surface area (Å²) < 4.78 is 5.58. The molecular weight excluding hydrogens is 452 g/mol. The maximum Gasteiger partial charge on any atom is 0.248 e.